The van der Waals surface area contributed by atoms with E-state index in [2.05, 4.69) is 33.5 Å². The summed E-state index contributed by atoms with van der Waals surface area (Å²) in [6.07, 6.45) is 6.62. The highest BCUT2D eigenvalue weighted by Gasteiger charge is 2.08. The van der Waals surface area contributed by atoms with Crippen molar-refractivity contribution in [3.63, 3.8) is 0 Å². The number of nitrogens with zero attached hydrogens (tertiary/aromatic N) is 3. The first-order valence-electron chi connectivity index (χ1n) is 9.55. The van der Waals surface area contributed by atoms with Gasteiger partial charge in [0.25, 0.3) is 0 Å². The van der Waals surface area contributed by atoms with Gasteiger partial charge >= 0.3 is 0 Å². The van der Waals surface area contributed by atoms with Crippen molar-refractivity contribution in [2.45, 2.75) is 45.6 Å². The molecule has 1 aliphatic rings. The number of aliphatic imine (C=N–C) groups is 1. The number of rotatable bonds is 7. The Morgan fingerprint density at radius 2 is 1.81 bits per heavy atom. The summed E-state index contributed by atoms with van der Waals surface area (Å²) in [7, 11) is 0. The minimum absolute atomic E-state index is 0. The first kappa shape index (κ1) is 22.7. The topological polar surface area (TPSA) is 63.5 Å². The zero-order chi connectivity index (χ0) is 17.7. The Labute approximate surface area is 175 Å². The van der Waals surface area contributed by atoms with E-state index in [1.165, 1.54) is 45.3 Å². The van der Waals surface area contributed by atoms with Gasteiger partial charge in [0.15, 0.2) is 5.96 Å². The molecule has 0 saturated carbocycles. The molecule has 2 N–H and O–H groups in total. The van der Waals surface area contributed by atoms with Crippen molar-refractivity contribution >= 4 is 29.9 Å². The molecular formula is C20H32IN5. The van der Waals surface area contributed by atoms with Crippen LogP contribution in [-0.2, 0) is 6.54 Å². The summed E-state index contributed by atoms with van der Waals surface area (Å²) in [5.74, 6) is 0.864. The molecule has 0 amide bonds. The standard InChI is InChI=1S/C20H31N5.HI/c1-2-22-20(24-17-19-10-8-18(16-21)9-11-19)23-12-7-15-25-13-5-3-4-6-14-25;/h8-11H,2-7,12-15,17H2,1H3,(H2,22,23,24);1H. The molecule has 0 bridgehead atoms. The van der Waals surface area contributed by atoms with Crippen LogP contribution in [0.2, 0.25) is 0 Å². The van der Waals surface area contributed by atoms with Crippen LogP contribution in [-0.4, -0.2) is 43.6 Å². The fourth-order valence-corrected chi connectivity index (χ4v) is 3.07. The summed E-state index contributed by atoms with van der Waals surface area (Å²) in [5, 5.41) is 15.6. The van der Waals surface area contributed by atoms with E-state index in [1.807, 2.05) is 24.3 Å². The third-order valence-electron chi connectivity index (χ3n) is 4.49. The minimum Gasteiger partial charge on any atom is -0.357 e. The van der Waals surface area contributed by atoms with E-state index >= 15 is 0 Å². The summed E-state index contributed by atoms with van der Waals surface area (Å²) in [6.45, 7) is 8.17. The van der Waals surface area contributed by atoms with Gasteiger partial charge in [-0.05, 0) is 63.5 Å². The molecule has 0 unspecified atom stereocenters. The zero-order valence-electron chi connectivity index (χ0n) is 15.8. The van der Waals surface area contributed by atoms with Crippen LogP contribution in [0.15, 0.2) is 29.3 Å². The van der Waals surface area contributed by atoms with Crippen LogP contribution in [0.25, 0.3) is 0 Å². The van der Waals surface area contributed by atoms with E-state index in [9.17, 15) is 0 Å². The van der Waals surface area contributed by atoms with Gasteiger partial charge in [-0.1, -0.05) is 25.0 Å². The molecule has 1 saturated heterocycles. The first-order valence-corrected chi connectivity index (χ1v) is 9.55. The van der Waals surface area contributed by atoms with Crippen LogP contribution in [0.4, 0.5) is 0 Å². The molecule has 0 radical (unpaired) electrons. The molecule has 1 aliphatic heterocycles. The smallest absolute Gasteiger partial charge is 0.191 e. The van der Waals surface area contributed by atoms with E-state index < -0.39 is 0 Å². The number of guanidine groups is 1. The van der Waals surface area contributed by atoms with Crippen molar-refractivity contribution < 1.29 is 0 Å². The van der Waals surface area contributed by atoms with E-state index in [1.54, 1.807) is 0 Å². The summed E-state index contributed by atoms with van der Waals surface area (Å²) in [4.78, 5) is 7.23. The highest BCUT2D eigenvalue weighted by Crippen LogP contribution is 2.09. The molecule has 0 spiro atoms. The number of nitriles is 1. The second-order valence-corrected chi connectivity index (χ2v) is 6.54. The number of halogens is 1. The van der Waals surface area contributed by atoms with Gasteiger partial charge in [-0.3, -0.25) is 0 Å². The third-order valence-corrected chi connectivity index (χ3v) is 4.49. The summed E-state index contributed by atoms with van der Waals surface area (Å²) in [5.41, 5.74) is 1.80. The predicted molar refractivity (Wildman–Crippen MR) is 119 cm³/mol. The Balaban J connectivity index is 0.00000338. The second kappa shape index (κ2) is 13.8. The van der Waals surface area contributed by atoms with Crippen LogP contribution in [0.1, 0.15) is 50.2 Å². The normalized spacial score (nSPS) is 15.5. The van der Waals surface area contributed by atoms with Gasteiger partial charge in [0.2, 0.25) is 0 Å². The molecule has 1 heterocycles. The minimum atomic E-state index is 0. The Bertz CT molecular complexity index is 557. The average molecular weight is 469 g/mol. The Morgan fingerprint density at radius 3 is 2.42 bits per heavy atom. The molecule has 26 heavy (non-hydrogen) atoms. The Morgan fingerprint density at radius 1 is 1.12 bits per heavy atom. The first-order chi connectivity index (χ1) is 12.3. The van der Waals surface area contributed by atoms with Crippen LogP contribution in [0, 0.1) is 11.3 Å². The number of benzene rings is 1. The van der Waals surface area contributed by atoms with Crippen molar-refractivity contribution in [2.24, 2.45) is 4.99 Å². The van der Waals surface area contributed by atoms with Crippen LogP contribution < -0.4 is 10.6 Å². The summed E-state index contributed by atoms with van der Waals surface area (Å²) < 4.78 is 0. The second-order valence-electron chi connectivity index (χ2n) is 6.54. The van der Waals surface area contributed by atoms with Gasteiger partial charge in [-0.15, -0.1) is 24.0 Å². The van der Waals surface area contributed by atoms with Crippen LogP contribution >= 0.6 is 24.0 Å². The summed E-state index contributed by atoms with van der Waals surface area (Å²) >= 11 is 0. The monoisotopic (exact) mass is 469 g/mol. The molecule has 1 aromatic carbocycles. The van der Waals surface area contributed by atoms with E-state index in [4.69, 9.17) is 5.26 Å². The molecule has 0 atom stereocenters. The van der Waals surface area contributed by atoms with Gasteiger partial charge in [0, 0.05) is 13.1 Å². The quantitative estimate of drug-likeness (QED) is 0.278. The van der Waals surface area contributed by atoms with Crippen molar-refractivity contribution in [2.75, 3.05) is 32.7 Å². The number of nitrogens with one attached hydrogen (secondary N) is 2. The van der Waals surface area contributed by atoms with Gasteiger partial charge in [0.1, 0.15) is 0 Å². The number of hydrogen-bond acceptors (Lipinski definition) is 3. The van der Waals surface area contributed by atoms with Crippen LogP contribution in [0.5, 0.6) is 0 Å². The fraction of sp³-hybridized carbons (Fsp3) is 0.600. The van der Waals surface area contributed by atoms with E-state index in [0.29, 0.717) is 12.1 Å². The maximum Gasteiger partial charge on any atom is 0.191 e. The van der Waals surface area contributed by atoms with Gasteiger partial charge in [-0.2, -0.15) is 5.26 Å². The maximum atomic E-state index is 8.85. The van der Waals surface area contributed by atoms with Gasteiger partial charge in [-0.25, -0.2) is 4.99 Å². The molecule has 6 heteroatoms. The Hall–Kier alpha value is -1.33. The zero-order valence-corrected chi connectivity index (χ0v) is 18.2. The lowest BCUT2D eigenvalue weighted by atomic mass is 10.1. The predicted octanol–water partition coefficient (Wildman–Crippen LogP) is 3.50. The molecule has 0 aromatic heterocycles. The maximum absolute atomic E-state index is 8.85. The number of hydrogen-bond donors (Lipinski definition) is 2. The molecule has 0 aliphatic carbocycles. The molecular weight excluding hydrogens is 437 g/mol. The SMILES string of the molecule is CCNC(=NCc1ccc(C#N)cc1)NCCCN1CCCCCC1.I. The van der Waals surface area contributed by atoms with Crippen molar-refractivity contribution in [3.8, 4) is 6.07 Å². The highest BCUT2D eigenvalue weighted by atomic mass is 127. The van der Waals surface area contributed by atoms with E-state index in [-0.39, 0.29) is 24.0 Å². The fourth-order valence-electron chi connectivity index (χ4n) is 3.07. The van der Waals surface area contributed by atoms with Crippen LogP contribution in [0.3, 0.4) is 0 Å². The number of likely N-dealkylation sites (tertiary alicyclic amines) is 1. The Kier molecular flexibility index (Phi) is 12.1. The summed E-state index contributed by atoms with van der Waals surface area (Å²) in [6, 6.07) is 9.75. The largest absolute Gasteiger partial charge is 0.357 e. The van der Waals surface area contributed by atoms with Crippen molar-refractivity contribution in [3.05, 3.63) is 35.4 Å². The molecule has 1 fully saturated rings. The molecule has 1 aromatic rings. The lowest BCUT2D eigenvalue weighted by Crippen LogP contribution is -2.39. The van der Waals surface area contributed by atoms with Gasteiger partial charge < -0.3 is 15.5 Å². The molecule has 2 rings (SSSR count). The van der Waals surface area contributed by atoms with E-state index in [0.717, 1.165) is 31.0 Å². The average Bonchev–Trinajstić information content (AvgIpc) is 2.92. The lowest BCUT2D eigenvalue weighted by molar-refractivity contribution is 0.282. The van der Waals surface area contributed by atoms with Gasteiger partial charge in [0.05, 0.1) is 18.2 Å². The lowest BCUT2D eigenvalue weighted by Gasteiger charge is -2.20. The molecule has 144 valence electrons. The van der Waals surface area contributed by atoms with Crippen molar-refractivity contribution in [1.29, 1.82) is 5.26 Å². The third kappa shape index (κ3) is 8.86. The van der Waals surface area contributed by atoms with Crippen molar-refractivity contribution in [1.82, 2.24) is 15.5 Å². The molecule has 5 nitrogen and oxygen atoms in total. The highest BCUT2D eigenvalue weighted by molar-refractivity contribution is 14.0.